The Morgan fingerprint density at radius 3 is 2.71 bits per heavy atom. The van der Waals surface area contributed by atoms with E-state index in [9.17, 15) is 12.8 Å². The maximum absolute atomic E-state index is 13.2. The molecule has 7 nitrogen and oxygen atoms in total. The highest BCUT2D eigenvalue weighted by Gasteiger charge is 2.27. The Kier molecular flexibility index (Phi) is 4.84. The van der Waals surface area contributed by atoms with E-state index < -0.39 is 9.84 Å². The van der Waals surface area contributed by atoms with Crippen molar-refractivity contribution in [3.8, 4) is 0 Å². The normalized spacial score (nSPS) is 11.9. The molecule has 0 bridgehead atoms. The van der Waals surface area contributed by atoms with Crippen molar-refractivity contribution in [1.29, 1.82) is 0 Å². The predicted octanol–water partition coefficient (Wildman–Crippen LogP) is 4.58. The van der Waals surface area contributed by atoms with E-state index in [1.54, 1.807) is 24.3 Å². The molecular weight excluding hydrogens is 461 g/mol. The number of fused-ring (bicyclic) bond motifs is 3. The van der Waals surface area contributed by atoms with Gasteiger partial charge >= 0.3 is 0 Å². The van der Waals surface area contributed by atoms with Crippen LogP contribution in [0.3, 0.4) is 0 Å². The summed E-state index contributed by atoms with van der Waals surface area (Å²) in [6.45, 7) is 0.383. The topological polar surface area (TPSA) is 89.2 Å². The highest BCUT2D eigenvalue weighted by Crippen LogP contribution is 2.31. The summed E-state index contributed by atoms with van der Waals surface area (Å²) in [4.78, 5) is 4.54. The van der Waals surface area contributed by atoms with Crippen LogP contribution in [0.5, 0.6) is 0 Å². The van der Waals surface area contributed by atoms with Gasteiger partial charge < -0.3 is 5.32 Å². The lowest BCUT2D eigenvalue weighted by molar-refractivity contribution is 0.592. The van der Waals surface area contributed by atoms with E-state index in [1.807, 2.05) is 11.4 Å². The number of sulfone groups is 1. The third kappa shape index (κ3) is 3.52. The minimum Gasteiger partial charge on any atom is -0.365 e. The first-order valence-electron chi connectivity index (χ1n) is 9.05. The second-order valence-corrected chi connectivity index (χ2v) is 9.88. The number of benzene rings is 2. The smallest absolute Gasteiger partial charge is 0.229 e. The van der Waals surface area contributed by atoms with E-state index in [0.29, 0.717) is 22.9 Å². The summed E-state index contributed by atoms with van der Waals surface area (Å²) in [5.41, 5.74) is 1.63. The number of hydrogen-bond acceptors (Lipinski definition) is 7. The maximum atomic E-state index is 13.2. The molecule has 1 N–H and O–H groups in total. The molecule has 0 spiro atoms. The van der Waals surface area contributed by atoms with Crippen molar-refractivity contribution < 1.29 is 12.8 Å². The third-order valence-corrected chi connectivity index (χ3v) is 7.45. The van der Waals surface area contributed by atoms with Crippen molar-refractivity contribution in [3.63, 3.8) is 0 Å². The molecule has 0 atom stereocenters. The molecule has 11 heteroatoms. The van der Waals surface area contributed by atoms with Crippen molar-refractivity contribution >= 4 is 54.5 Å². The average Bonchev–Trinajstić information content (AvgIpc) is 3.40. The highest BCUT2D eigenvalue weighted by molar-refractivity contribution is 7.91. The van der Waals surface area contributed by atoms with Crippen LogP contribution in [-0.2, 0) is 16.4 Å². The molecule has 3 heterocycles. The minimum atomic E-state index is -3.99. The highest BCUT2D eigenvalue weighted by atomic mass is 35.5. The molecule has 2 aromatic carbocycles. The molecule has 0 aliphatic carbocycles. The number of nitrogens with zero attached hydrogens (tertiary/aromatic N) is 4. The molecule has 0 unspecified atom stereocenters. The fourth-order valence-electron chi connectivity index (χ4n) is 3.15. The van der Waals surface area contributed by atoms with Gasteiger partial charge in [0.1, 0.15) is 11.6 Å². The number of anilines is 1. The first-order chi connectivity index (χ1) is 14.9. The Hall–Kier alpha value is -3.08. The summed E-state index contributed by atoms with van der Waals surface area (Å²) in [7, 11) is -3.99. The second kappa shape index (κ2) is 7.56. The monoisotopic (exact) mass is 473 g/mol. The van der Waals surface area contributed by atoms with Gasteiger partial charge in [-0.15, -0.1) is 16.4 Å². The van der Waals surface area contributed by atoms with Crippen LogP contribution in [0, 0.1) is 5.82 Å². The largest absolute Gasteiger partial charge is 0.365 e. The Balaban J connectivity index is 1.62. The molecule has 0 saturated heterocycles. The quantitative estimate of drug-likeness (QED) is 0.402. The molecule has 5 rings (SSSR count). The molecule has 5 aromatic rings. The number of hydrogen-bond donors (Lipinski definition) is 1. The lowest BCUT2D eigenvalue weighted by Crippen LogP contribution is -2.06. The summed E-state index contributed by atoms with van der Waals surface area (Å²) in [5.74, 6) is 0.178. The van der Waals surface area contributed by atoms with Crippen LogP contribution in [-0.4, -0.2) is 28.2 Å². The summed E-state index contributed by atoms with van der Waals surface area (Å²) in [5, 5.41) is 13.1. The number of nitrogens with one attached hydrogen (secondary N) is 1. The lowest BCUT2D eigenvalue weighted by Gasteiger charge is -2.08. The predicted molar refractivity (Wildman–Crippen MR) is 117 cm³/mol. The van der Waals surface area contributed by atoms with Gasteiger partial charge in [0.05, 0.1) is 15.1 Å². The molecule has 156 valence electrons. The van der Waals surface area contributed by atoms with Crippen molar-refractivity contribution in [2.24, 2.45) is 0 Å². The van der Waals surface area contributed by atoms with Gasteiger partial charge in [0.15, 0.2) is 5.65 Å². The van der Waals surface area contributed by atoms with E-state index in [-0.39, 0.29) is 21.4 Å². The maximum Gasteiger partial charge on any atom is 0.229 e. The van der Waals surface area contributed by atoms with Crippen LogP contribution in [0.1, 0.15) is 5.56 Å². The van der Waals surface area contributed by atoms with E-state index in [0.717, 1.165) is 10.3 Å². The van der Waals surface area contributed by atoms with Gasteiger partial charge in [0.25, 0.3) is 0 Å². The van der Waals surface area contributed by atoms with Gasteiger partial charge in [-0.1, -0.05) is 35.0 Å². The summed E-state index contributed by atoms with van der Waals surface area (Å²) >= 11 is 7.42. The molecule has 0 radical (unpaired) electrons. The van der Waals surface area contributed by atoms with E-state index in [2.05, 4.69) is 20.6 Å². The summed E-state index contributed by atoms with van der Waals surface area (Å²) < 4.78 is 41.8. The van der Waals surface area contributed by atoms with Crippen molar-refractivity contribution in [2.75, 3.05) is 5.32 Å². The Morgan fingerprint density at radius 2 is 1.94 bits per heavy atom. The van der Waals surface area contributed by atoms with Crippen LogP contribution in [0.2, 0.25) is 5.02 Å². The van der Waals surface area contributed by atoms with Crippen LogP contribution in [0.15, 0.2) is 69.9 Å². The van der Waals surface area contributed by atoms with E-state index in [1.165, 1.54) is 40.1 Å². The Labute approximate surface area is 185 Å². The van der Waals surface area contributed by atoms with Crippen LogP contribution >= 0.6 is 22.9 Å². The van der Waals surface area contributed by atoms with Gasteiger partial charge in [-0.25, -0.2) is 17.8 Å². The van der Waals surface area contributed by atoms with Gasteiger partial charge in [-0.05, 0) is 47.3 Å². The summed E-state index contributed by atoms with van der Waals surface area (Å²) in [6, 6.07) is 13.9. The fourth-order valence-corrected chi connectivity index (χ4v) is 5.52. The van der Waals surface area contributed by atoms with E-state index >= 15 is 0 Å². The SMILES string of the molecule is O=S(=O)(c1cccc(Cl)c1)c1nnn2c1nc(NCc1ccc(F)cc1)c1sccc12. The van der Waals surface area contributed by atoms with Crippen LogP contribution < -0.4 is 5.32 Å². The van der Waals surface area contributed by atoms with Gasteiger partial charge in [-0.2, -0.15) is 4.52 Å². The molecule has 0 saturated carbocycles. The number of rotatable bonds is 5. The molecule has 0 fully saturated rings. The van der Waals surface area contributed by atoms with Crippen molar-refractivity contribution in [3.05, 3.63) is 76.4 Å². The zero-order valence-electron chi connectivity index (χ0n) is 15.7. The molecular formula is C20H13ClFN5O2S2. The fraction of sp³-hybridized carbons (Fsp3) is 0.0500. The molecule has 0 aliphatic rings. The zero-order valence-corrected chi connectivity index (χ0v) is 18.0. The van der Waals surface area contributed by atoms with Gasteiger partial charge in [0.2, 0.25) is 14.9 Å². The molecule has 0 amide bonds. The van der Waals surface area contributed by atoms with Crippen molar-refractivity contribution in [2.45, 2.75) is 16.5 Å². The van der Waals surface area contributed by atoms with Gasteiger partial charge in [-0.3, -0.25) is 0 Å². The number of thiophene rings is 1. The van der Waals surface area contributed by atoms with Crippen molar-refractivity contribution in [1.82, 2.24) is 19.8 Å². The van der Waals surface area contributed by atoms with Crippen LogP contribution in [0.4, 0.5) is 10.2 Å². The minimum absolute atomic E-state index is 0.00966. The summed E-state index contributed by atoms with van der Waals surface area (Å²) in [6.07, 6.45) is 0. The van der Waals surface area contributed by atoms with Crippen LogP contribution in [0.25, 0.3) is 15.9 Å². The third-order valence-electron chi connectivity index (χ3n) is 4.66. The second-order valence-electron chi connectivity index (χ2n) is 6.67. The van der Waals surface area contributed by atoms with E-state index in [4.69, 9.17) is 11.6 Å². The molecule has 31 heavy (non-hydrogen) atoms. The number of aromatic nitrogens is 4. The first kappa shape index (κ1) is 19.9. The number of halogens is 2. The molecule has 0 aliphatic heterocycles. The Morgan fingerprint density at radius 1 is 1.13 bits per heavy atom. The first-order valence-corrected chi connectivity index (χ1v) is 11.8. The van der Waals surface area contributed by atoms with Gasteiger partial charge in [0, 0.05) is 11.6 Å². The Bertz CT molecular complexity index is 1530. The molecule has 3 aromatic heterocycles. The standard InChI is InChI=1S/C20H13ClFN5O2S2/c21-13-2-1-3-15(10-13)31(28,29)20-19-24-18(23-11-12-4-6-14(22)7-5-12)17-16(8-9-30-17)27(19)26-25-20/h1-10H,11H2,(H,23,24). The average molecular weight is 474 g/mol. The zero-order chi connectivity index (χ0) is 21.6. The lowest BCUT2D eigenvalue weighted by atomic mass is 10.2.